The van der Waals surface area contributed by atoms with Gasteiger partial charge in [0, 0.05) is 17.4 Å². The molecule has 104 valence electrons. The number of nitrogens with one attached hydrogen (secondary N) is 1. The van der Waals surface area contributed by atoms with Crippen LogP contribution in [0.2, 0.25) is 0 Å². The Morgan fingerprint density at radius 3 is 2.68 bits per heavy atom. The third-order valence-corrected chi connectivity index (χ3v) is 3.31. The molecular formula is C14H20N2O3. The summed E-state index contributed by atoms with van der Waals surface area (Å²) in [6.45, 7) is 6.11. The van der Waals surface area contributed by atoms with Crippen molar-refractivity contribution in [3.8, 4) is 0 Å². The van der Waals surface area contributed by atoms with Crippen molar-refractivity contribution in [1.82, 2.24) is 9.88 Å². The first kappa shape index (κ1) is 13.6. The standard InChI is InChI=1S/C14H20N2O3/c1-4-19-14(18)12-7-9(2)16(10(12)3)8-13(17)15-11-5-6-11/h7,11H,4-6,8H2,1-3H3,(H,15,17). The highest BCUT2D eigenvalue weighted by atomic mass is 16.5. The van der Waals surface area contributed by atoms with E-state index in [-0.39, 0.29) is 18.4 Å². The summed E-state index contributed by atoms with van der Waals surface area (Å²) in [6.07, 6.45) is 2.15. The van der Waals surface area contributed by atoms with E-state index < -0.39 is 0 Å². The minimum atomic E-state index is -0.329. The van der Waals surface area contributed by atoms with E-state index in [9.17, 15) is 9.59 Å². The van der Waals surface area contributed by atoms with Gasteiger partial charge >= 0.3 is 5.97 Å². The van der Waals surface area contributed by atoms with Gasteiger partial charge < -0.3 is 14.6 Å². The van der Waals surface area contributed by atoms with E-state index in [1.807, 2.05) is 18.4 Å². The zero-order valence-corrected chi connectivity index (χ0v) is 11.7. The van der Waals surface area contributed by atoms with Gasteiger partial charge in [0.2, 0.25) is 5.91 Å². The third kappa shape index (κ3) is 3.16. The normalized spacial score (nSPS) is 14.3. The Labute approximate surface area is 112 Å². The molecule has 0 unspecified atom stereocenters. The number of amides is 1. The monoisotopic (exact) mass is 264 g/mol. The average Bonchev–Trinajstić information content (AvgIpc) is 3.11. The van der Waals surface area contributed by atoms with Crippen molar-refractivity contribution >= 4 is 11.9 Å². The Kier molecular flexibility index (Phi) is 3.93. The van der Waals surface area contributed by atoms with Gasteiger partial charge in [-0.3, -0.25) is 4.79 Å². The van der Waals surface area contributed by atoms with Gasteiger partial charge in [-0.2, -0.15) is 0 Å². The number of aryl methyl sites for hydroxylation is 1. The molecule has 0 radical (unpaired) electrons. The summed E-state index contributed by atoms with van der Waals surface area (Å²) in [7, 11) is 0. The molecule has 1 aliphatic rings. The number of carbonyl (C=O) groups excluding carboxylic acids is 2. The Bertz CT molecular complexity index is 501. The molecule has 0 aliphatic heterocycles. The third-order valence-electron chi connectivity index (χ3n) is 3.31. The van der Waals surface area contributed by atoms with Crippen molar-refractivity contribution in [3.63, 3.8) is 0 Å². The lowest BCUT2D eigenvalue weighted by Crippen LogP contribution is -2.30. The molecular weight excluding hydrogens is 244 g/mol. The van der Waals surface area contributed by atoms with Crippen LogP contribution in [0.3, 0.4) is 0 Å². The van der Waals surface area contributed by atoms with Crippen LogP contribution in [-0.2, 0) is 16.1 Å². The van der Waals surface area contributed by atoms with Crippen LogP contribution in [0.15, 0.2) is 6.07 Å². The molecule has 1 heterocycles. The molecule has 0 saturated heterocycles. The smallest absolute Gasteiger partial charge is 0.339 e. The lowest BCUT2D eigenvalue weighted by atomic mass is 10.2. The van der Waals surface area contributed by atoms with E-state index in [2.05, 4.69) is 5.32 Å². The highest BCUT2D eigenvalue weighted by molar-refractivity contribution is 5.91. The predicted octanol–water partition coefficient (Wildman–Crippen LogP) is 1.56. The zero-order valence-electron chi connectivity index (χ0n) is 11.7. The first-order valence-electron chi connectivity index (χ1n) is 6.66. The van der Waals surface area contributed by atoms with Gasteiger partial charge in [-0.05, 0) is 39.7 Å². The highest BCUT2D eigenvalue weighted by Crippen LogP contribution is 2.19. The Morgan fingerprint density at radius 1 is 1.42 bits per heavy atom. The SMILES string of the molecule is CCOC(=O)c1cc(C)n(CC(=O)NC2CC2)c1C. The molecule has 1 saturated carbocycles. The summed E-state index contributed by atoms with van der Waals surface area (Å²) in [5.41, 5.74) is 2.21. The molecule has 1 aliphatic carbocycles. The number of rotatable bonds is 5. The number of esters is 1. The number of hydrogen-bond acceptors (Lipinski definition) is 3. The van der Waals surface area contributed by atoms with Crippen LogP contribution >= 0.6 is 0 Å². The highest BCUT2D eigenvalue weighted by Gasteiger charge is 2.24. The van der Waals surface area contributed by atoms with Crippen LogP contribution in [0.25, 0.3) is 0 Å². The first-order valence-corrected chi connectivity index (χ1v) is 6.66. The van der Waals surface area contributed by atoms with E-state index in [0.29, 0.717) is 18.2 Å². The van der Waals surface area contributed by atoms with E-state index >= 15 is 0 Å². The number of nitrogens with zero attached hydrogens (tertiary/aromatic N) is 1. The summed E-state index contributed by atoms with van der Waals surface area (Å²) in [6, 6.07) is 2.13. The van der Waals surface area contributed by atoms with E-state index in [4.69, 9.17) is 4.74 Å². The molecule has 1 amide bonds. The minimum absolute atomic E-state index is 0.000270. The molecule has 0 bridgehead atoms. The van der Waals surface area contributed by atoms with E-state index in [0.717, 1.165) is 24.2 Å². The minimum Gasteiger partial charge on any atom is -0.462 e. The first-order chi connectivity index (χ1) is 9.02. The van der Waals surface area contributed by atoms with Gasteiger partial charge in [-0.1, -0.05) is 0 Å². The second kappa shape index (κ2) is 5.47. The van der Waals surface area contributed by atoms with E-state index in [1.165, 1.54) is 0 Å². The Morgan fingerprint density at radius 2 is 2.11 bits per heavy atom. The number of carbonyl (C=O) groups is 2. The molecule has 2 rings (SSSR count). The molecule has 5 nitrogen and oxygen atoms in total. The van der Waals surface area contributed by atoms with Crippen molar-refractivity contribution in [1.29, 1.82) is 0 Å². The van der Waals surface area contributed by atoms with Gasteiger partial charge in [-0.15, -0.1) is 0 Å². The Balaban J connectivity index is 2.11. The van der Waals surface area contributed by atoms with Crippen LogP contribution in [0, 0.1) is 13.8 Å². The van der Waals surface area contributed by atoms with Gasteiger partial charge in [0.15, 0.2) is 0 Å². The van der Waals surface area contributed by atoms with Crippen LogP contribution < -0.4 is 5.32 Å². The van der Waals surface area contributed by atoms with Crippen LogP contribution in [0.4, 0.5) is 0 Å². The maximum Gasteiger partial charge on any atom is 0.339 e. The number of hydrogen-bond donors (Lipinski definition) is 1. The van der Waals surface area contributed by atoms with Crippen molar-refractivity contribution in [2.45, 2.75) is 46.2 Å². The van der Waals surface area contributed by atoms with Crippen molar-refractivity contribution in [2.75, 3.05) is 6.61 Å². The molecule has 1 aromatic rings. The van der Waals surface area contributed by atoms with Crippen molar-refractivity contribution in [2.24, 2.45) is 0 Å². The average molecular weight is 264 g/mol. The predicted molar refractivity (Wildman–Crippen MR) is 71.0 cm³/mol. The second-order valence-electron chi connectivity index (χ2n) is 4.93. The van der Waals surface area contributed by atoms with Gasteiger partial charge in [0.1, 0.15) is 6.54 Å². The fourth-order valence-electron chi connectivity index (χ4n) is 2.10. The van der Waals surface area contributed by atoms with Crippen LogP contribution in [0.5, 0.6) is 0 Å². The summed E-state index contributed by atoms with van der Waals surface area (Å²) < 4.78 is 6.85. The van der Waals surface area contributed by atoms with Crippen molar-refractivity contribution < 1.29 is 14.3 Å². The lowest BCUT2D eigenvalue weighted by Gasteiger charge is -2.10. The second-order valence-corrected chi connectivity index (χ2v) is 4.93. The topological polar surface area (TPSA) is 60.3 Å². The summed E-state index contributed by atoms with van der Waals surface area (Å²) in [5.74, 6) is -0.329. The maximum atomic E-state index is 11.8. The fraction of sp³-hybridized carbons (Fsp3) is 0.571. The summed E-state index contributed by atoms with van der Waals surface area (Å²) >= 11 is 0. The molecule has 5 heteroatoms. The van der Waals surface area contributed by atoms with Gasteiger partial charge in [0.25, 0.3) is 0 Å². The quantitative estimate of drug-likeness (QED) is 0.821. The molecule has 0 atom stereocenters. The largest absolute Gasteiger partial charge is 0.462 e. The zero-order chi connectivity index (χ0) is 14.0. The maximum absolute atomic E-state index is 11.8. The summed E-state index contributed by atoms with van der Waals surface area (Å²) in [5, 5.41) is 2.94. The van der Waals surface area contributed by atoms with Crippen molar-refractivity contribution in [3.05, 3.63) is 23.0 Å². The van der Waals surface area contributed by atoms with Gasteiger partial charge in [-0.25, -0.2) is 4.79 Å². The van der Waals surface area contributed by atoms with E-state index in [1.54, 1.807) is 13.0 Å². The lowest BCUT2D eigenvalue weighted by molar-refractivity contribution is -0.121. The molecule has 0 spiro atoms. The molecule has 0 aromatic carbocycles. The molecule has 1 aromatic heterocycles. The Hall–Kier alpha value is -1.78. The number of ether oxygens (including phenoxy) is 1. The van der Waals surface area contributed by atoms with Crippen LogP contribution in [0.1, 0.15) is 41.5 Å². The fourth-order valence-corrected chi connectivity index (χ4v) is 2.10. The summed E-state index contributed by atoms with van der Waals surface area (Å²) in [4.78, 5) is 23.6. The number of aromatic nitrogens is 1. The van der Waals surface area contributed by atoms with Gasteiger partial charge in [0.05, 0.1) is 12.2 Å². The molecule has 19 heavy (non-hydrogen) atoms. The molecule has 1 fully saturated rings. The molecule has 1 N–H and O–H groups in total. The van der Waals surface area contributed by atoms with Crippen LogP contribution in [-0.4, -0.2) is 29.1 Å².